The Morgan fingerprint density at radius 1 is 1.08 bits per heavy atom. The van der Waals surface area contributed by atoms with E-state index in [0.29, 0.717) is 6.42 Å². The molecule has 128 valence electrons. The number of benzene rings is 2. The van der Waals surface area contributed by atoms with Crippen molar-refractivity contribution in [2.45, 2.75) is 33.2 Å². The van der Waals surface area contributed by atoms with Crippen LogP contribution in [0.25, 0.3) is 0 Å². The fourth-order valence-corrected chi connectivity index (χ4v) is 2.77. The summed E-state index contributed by atoms with van der Waals surface area (Å²) in [5.74, 6) is 1.45. The molecule has 0 saturated carbocycles. The molecule has 2 rings (SSSR count). The van der Waals surface area contributed by atoms with Crippen LogP contribution in [0.15, 0.2) is 36.4 Å². The van der Waals surface area contributed by atoms with E-state index in [4.69, 9.17) is 9.47 Å². The first-order valence-corrected chi connectivity index (χ1v) is 8.02. The van der Waals surface area contributed by atoms with Crippen molar-refractivity contribution in [3.05, 3.63) is 58.7 Å². The van der Waals surface area contributed by atoms with Crippen molar-refractivity contribution in [1.82, 2.24) is 5.32 Å². The zero-order valence-corrected chi connectivity index (χ0v) is 15.0. The second kappa shape index (κ2) is 7.86. The summed E-state index contributed by atoms with van der Waals surface area (Å²) in [7, 11) is 3.24. The van der Waals surface area contributed by atoms with E-state index in [-0.39, 0.29) is 11.9 Å². The Morgan fingerprint density at radius 3 is 2.46 bits per heavy atom. The first-order chi connectivity index (χ1) is 11.4. The Morgan fingerprint density at radius 2 is 1.83 bits per heavy atom. The summed E-state index contributed by atoms with van der Waals surface area (Å²) < 4.78 is 10.7. The lowest BCUT2D eigenvalue weighted by Crippen LogP contribution is -2.28. The Balaban J connectivity index is 2.11. The molecule has 0 aliphatic carbocycles. The van der Waals surface area contributed by atoms with E-state index in [1.165, 1.54) is 5.56 Å². The van der Waals surface area contributed by atoms with Crippen molar-refractivity contribution in [3.8, 4) is 11.5 Å². The highest BCUT2D eigenvalue weighted by Gasteiger charge is 2.16. The third kappa shape index (κ3) is 4.28. The van der Waals surface area contributed by atoms with Gasteiger partial charge in [-0.05, 0) is 50.1 Å². The summed E-state index contributed by atoms with van der Waals surface area (Å²) in [6.07, 6.45) is 0.364. The molecule has 4 heteroatoms. The number of methoxy groups -OCH3 is 2. The van der Waals surface area contributed by atoms with Gasteiger partial charge in [-0.15, -0.1) is 0 Å². The zero-order chi connectivity index (χ0) is 17.7. The molecule has 24 heavy (non-hydrogen) atoms. The van der Waals surface area contributed by atoms with Gasteiger partial charge in [0.15, 0.2) is 0 Å². The van der Waals surface area contributed by atoms with Crippen LogP contribution in [-0.4, -0.2) is 20.1 Å². The molecular formula is C20H25NO3. The Hall–Kier alpha value is -2.49. The molecule has 4 nitrogen and oxygen atoms in total. The van der Waals surface area contributed by atoms with E-state index in [2.05, 4.69) is 11.4 Å². The number of aryl methyl sites for hydroxylation is 2. The lowest BCUT2D eigenvalue weighted by Gasteiger charge is -2.18. The summed E-state index contributed by atoms with van der Waals surface area (Å²) in [6.45, 7) is 6.02. The number of rotatable bonds is 6. The number of ether oxygens (including phenoxy) is 2. The minimum atomic E-state index is -0.173. The van der Waals surface area contributed by atoms with Gasteiger partial charge in [0, 0.05) is 5.56 Å². The number of carbonyl (C=O) groups is 1. The molecule has 0 radical (unpaired) electrons. The molecule has 0 aromatic heterocycles. The van der Waals surface area contributed by atoms with Gasteiger partial charge in [0.2, 0.25) is 5.91 Å². The molecule has 0 saturated heterocycles. The number of hydrogen-bond acceptors (Lipinski definition) is 3. The molecule has 1 amide bonds. The predicted molar refractivity (Wildman–Crippen MR) is 95.7 cm³/mol. The van der Waals surface area contributed by atoms with Crippen molar-refractivity contribution < 1.29 is 14.3 Å². The number of carbonyl (C=O) groups excluding carboxylic acids is 1. The largest absolute Gasteiger partial charge is 0.497 e. The van der Waals surface area contributed by atoms with Crippen molar-refractivity contribution in [2.75, 3.05) is 14.2 Å². The van der Waals surface area contributed by atoms with Crippen molar-refractivity contribution in [2.24, 2.45) is 0 Å². The van der Waals surface area contributed by atoms with Crippen molar-refractivity contribution >= 4 is 5.91 Å². The molecular weight excluding hydrogens is 302 g/mol. The van der Waals surface area contributed by atoms with Gasteiger partial charge in [-0.3, -0.25) is 4.79 Å². The Kier molecular flexibility index (Phi) is 5.85. The maximum Gasteiger partial charge on any atom is 0.224 e. The lowest BCUT2D eigenvalue weighted by atomic mass is 10.0. The van der Waals surface area contributed by atoms with Gasteiger partial charge >= 0.3 is 0 Å². The van der Waals surface area contributed by atoms with Crippen LogP contribution in [-0.2, 0) is 11.2 Å². The summed E-state index contributed by atoms with van der Waals surface area (Å²) in [5.41, 5.74) is 4.27. The Bertz CT molecular complexity index is 725. The van der Waals surface area contributed by atoms with E-state index in [0.717, 1.165) is 28.2 Å². The topological polar surface area (TPSA) is 47.6 Å². The van der Waals surface area contributed by atoms with Crippen LogP contribution in [0.3, 0.4) is 0 Å². The molecule has 2 aromatic carbocycles. The van der Waals surface area contributed by atoms with Crippen molar-refractivity contribution in [3.63, 3.8) is 0 Å². The summed E-state index contributed by atoms with van der Waals surface area (Å²) in [4.78, 5) is 12.4. The third-order valence-electron chi connectivity index (χ3n) is 4.13. The molecule has 2 aromatic rings. The molecule has 1 N–H and O–H groups in total. The summed E-state index contributed by atoms with van der Waals surface area (Å²) >= 11 is 0. The second-order valence-electron chi connectivity index (χ2n) is 6.00. The molecule has 0 unspecified atom stereocenters. The van der Waals surface area contributed by atoms with E-state index < -0.39 is 0 Å². The highest BCUT2D eigenvalue weighted by Crippen LogP contribution is 2.29. The fourth-order valence-electron chi connectivity index (χ4n) is 2.77. The highest BCUT2D eigenvalue weighted by molar-refractivity contribution is 5.79. The standard InChI is InChI=1S/C20H25NO3/c1-13-6-7-16(14(2)10-13)11-20(22)21-15(3)18-12-17(23-4)8-9-19(18)24-5/h6-10,12,15H,11H2,1-5H3,(H,21,22)/t15-/m0/s1. The summed E-state index contributed by atoms with van der Waals surface area (Å²) in [5, 5.41) is 3.04. The van der Waals surface area contributed by atoms with E-state index in [1.807, 2.05) is 51.1 Å². The second-order valence-corrected chi connectivity index (χ2v) is 6.00. The van der Waals surface area contributed by atoms with Crippen LogP contribution in [0.1, 0.15) is 35.2 Å². The van der Waals surface area contributed by atoms with Crippen LogP contribution in [0.2, 0.25) is 0 Å². The minimum absolute atomic E-state index is 0.0145. The molecule has 0 bridgehead atoms. The fraction of sp³-hybridized carbons (Fsp3) is 0.350. The van der Waals surface area contributed by atoms with E-state index >= 15 is 0 Å². The molecule has 0 fully saturated rings. The lowest BCUT2D eigenvalue weighted by molar-refractivity contribution is -0.121. The third-order valence-corrected chi connectivity index (χ3v) is 4.13. The smallest absolute Gasteiger partial charge is 0.224 e. The monoisotopic (exact) mass is 327 g/mol. The van der Waals surface area contributed by atoms with Gasteiger partial charge in [0.25, 0.3) is 0 Å². The molecule has 0 heterocycles. The SMILES string of the molecule is COc1ccc(OC)c([C@H](C)NC(=O)Cc2ccc(C)cc2C)c1. The maximum absolute atomic E-state index is 12.4. The van der Waals surface area contributed by atoms with Crippen LogP contribution >= 0.6 is 0 Å². The minimum Gasteiger partial charge on any atom is -0.497 e. The van der Waals surface area contributed by atoms with Crippen molar-refractivity contribution in [1.29, 1.82) is 0 Å². The van der Waals surface area contributed by atoms with Crippen LogP contribution in [0.5, 0.6) is 11.5 Å². The van der Waals surface area contributed by atoms with Gasteiger partial charge in [-0.2, -0.15) is 0 Å². The summed E-state index contributed by atoms with van der Waals surface area (Å²) in [6, 6.07) is 11.5. The zero-order valence-electron chi connectivity index (χ0n) is 15.0. The molecule has 0 spiro atoms. The van der Waals surface area contributed by atoms with Gasteiger partial charge in [-0.25, -0.2) is 0 Å². The normalized spacial score (nSPS) is 11.7. The van der Waals surface area contributed by atoms with Gasteiger partial charge < -0.3 is 14.8 Å². The van der Waals surface area contributed by atoms with Gasteiger partial charge in [0.1, 0.15) is 11.5 Å². The Labute approximate surface area is 143 Å². The first-order valence-electron chi connectivity index (χ1n) is 8.02. The van der Waals surface area contributed by atoms with E-state index in [9.17, 15) is 4.79 Å². The average molecular weight is 327 g/mol. The molecule has 1 atom stereocenters. The molecule has 0 aliphatic rings. The number of hydrogen-bond donors (Lipinski definition) is 1. The van der Waals surface area contributed by atoms with Crippen LogP contribution in [0.4, 0.5) is 0 Å². The van der Waals surface area contributed by atoms with Crippen LogP contribution < -0.4 is 14.8 Å². The van der Waals surface area contributed by atoms with Crippen LogP contribution in [0, 0.1) is 13.8 Å². The first kappa shape index (κ1) is 17.9. The number of amides is 1. The van der Waals surface area contributed by atoms with Gasteiger partial charge in [-0.1, -0.05) is 23.8 Å². The quantitative estimate of drug-likeness (QED) is 0.879. The highest BCUT2D eigenvalue weighted by atomic mass is 16.5. The predicted octanol–water partition coefficient (Wildman–Crippen LogP) is 3.74. The van der Waals surface area contributed by atoms with Gasteiger partial charge in [0.05, 0.1) is 26.7 Å². The molecule has 0 aliphatic heterocycles. The average Bonchev–Trinajstić information content (AvgIpc) is 2.56. The van der Waals surface area contributed by atoms with E-state index in [1.54, 1.807) is 14.2 Å². The number of nitrogens with one attached hydrogen (secondary N) is 1. The maximum atomic E-state index is 12.4.